The molecule has 0 aromatic rings. The number of rotatable bonds is 23. The van der Waals surface area contributed by atoms with Gasteiger partial charge in [0.05, 0.1) is 0 Å². The van der Waals surface area contributed by atoms with E-state index in [4.69, 9.17) is 30.0 Å². The molecule has 0 aliphatic carbocycles. The molecule has 0 aromatic heterocycles. The van der Waals surface area contributed by atoms with E-state index in [2.05, 4.69) is 10.3 Å². The van der Waals surface area contributed by atoms with Crippen LogP contribution < -0.4 is 59.1 Å². The van der Waals surface area contributed by atoms with Crippen LogP contribution >= 0.6 is 15.2 Å². The van der Waals surface area contributed by atoms with Crippen molar-refractivity contribution >= 4 is 26.1 Å². The summed E-state index contributed by atoms with van der Waals surface area (Å²) in [7, 11) is -8.82. The van der Waals surface area contributed by atoms with Gasteiger partial charge < -0.3 is 32.8 Å². The monoisotopic (exact) mass is 576 g/mol. The van der Waals surface area contributed by atoms with E-state index in [0.29, 0.717) is 12.8 Å². The Hall–Kier alpha value is 1.24. The van der Waals surface area contributed by atoms with Crippen LogP contribution in [0.3, 0.4) is 0 Å². The molecule has 10 nitrogen and oxygen atoms in total. The van der Waals surface area contributed by atoms with Crippen molar-refractivity contribution in [3.05, 3.63) is 0 Å². The fourth-order valence-corrected chi connectivity index (χ4v) is 5.03. The van der Waals surface area contributed by atoms with Crippen LogP contribution in [0.15, 0.2) is 10.3 Å². The van der Waals surface area contributed by atoms with Gasteiger partial charge in [0.1, 0.15) is 0 Å². The summed E-state index contributed by atoms with van der Waals surface area (Å²) in [5.41, 5.74) is -0.843. The van der Waals surface area contributed by atoms with Crippen LogP contribution in [0.5, 0.6) is 0 Å². The van der Waals surface area contributed by atoms with Gasteiger partial charge in [-0.1, -0.05) is 113 Å². The van der Waals surface area contributed by atoms with Crippen LogP contribution in [0.2, 0.25) is 0 Å². The predicted octanol–water partition coefficient (Wildman–Crippen LogP) is 0.952. The number of oxime groups is 2. The van der Waals surface area contributed by atoms with Crippen molar-refractivity contribution in [2.24, 2.45) is 10.3 Å². The quantitative estimate of drug-likeness (QED) is 0.0260. The third kappa shape index (κ3) is 25.5. The summed E-state index contributed by atoms with van der Waals surface area (Å²) in [6.07, 6.45) is 20.1. The molecule has 0 bridgehead atoms. The van der Waals surface area contributed by atoms with Crippen molar-refractivity contribution in [1.82, 2.24) is 0 Å². The standard InChI is InChI=1S/C22H46N2O8P2.2Na.2H/c25-23-21(33(27,28)29)19-17-15-13-11-9-7-5-3-1-2-4-6-8-10-12-14-16-18-20-22(24-26)34(30,31)32;;;;/h25-26H,1-20H2,(H2,27,28,29)(H2,30,31,32);;;;/q;2*+1;2*-1/b23-21-,24-22-;;;;. The molecule has 0 rings (SSSR count). The minimum atomic E-state index is -4.41. The average Bonchev–Trinajstić information content (AvgIpc) is 2.75. The molecule has 0 unspecified atom stereocenters. The van der Waals surface area contributed by atoms with E-state index < -0.39 is 26.1 Å². The van der Waals surface area contributed by atoms with E-state index in [-0.39, 0.29) is 74.8 Å². The minimum Gasteiger partial charge on any atom is -1.00 e. The van der Waals surface area contributed by atoms with Crippen molar-refractivity contribution in [3.63, 3.8) is 0 Å². The normalized spacial score (nSPS) is 12.8. The second-order valence-corrected chi connectivity index (χ2v) is 12.2. The van der Waals surface area contributed by atoms with Gasteiger partial charge >= 0.3 is 74.3 Å². The van der Waals surface area contributed by atoms with Crippen molar-refractivity contribution in [1.29, 1.82) is 0 Å². The zero-order valence-corrected chi connectivity index (χ0v) is 28.2. The second kappa shape index (κ2) is 26.5. The molecule has 0 radical (unpaired) electrons. The van der Waals surface area contributed by atoms with Gasteiger partial charge in [0.15, 0.2) is 10.9 Å². The van der Waals surface area contributed by atoms with Crippen molar-refractivity contribution in [2.75, 3.05) is 0 Å². The maximum absolute atomic E-state index is 11.0. The van der Waals surface area contributed by atoms with E-state index in [1.807, 2.05) is 0 Å². The first-order chi connectivity index (χ1) is 16.1. The van der Waals surface area contributed by atoms with Crippen LogP contribution in [0, 0.1) is 0 Å². The van der Waals surface area contributed by atoms with E-state index in [0.717, 1.165) is 38.5 Å². The Balaban J connectivity index is -0.000000907. The third-order valence-corrected chi connectivity index (χ3v) is 7.93. The predicted molar refractivity (Wildman–Crippen MR) is 137 cm³/mol. The fraction of sp³-hybridized carbons (Fsp3) is 0.909. The maximum Gasteiger partial charge on any atom is 1.00 e. The molecule has 0 fully saturated rings. The first kappa shape index (κ1) is 41.7. The summed E-state index contributed by atoms with van der Waals surface area (Å²) < 4.78 is 22.0. The molecule has 36 heavy (non-hydrogen) atoms. The molecule has 206 valence electrons. The van der Waals surface area contributed by atoms with E-state index in [1.165, 1.54) is 64.2 Å². The van der Waals surface area contributed by atoms with Gasteiger partial charge in [-0.25, -0.2) is 0 Å². The molecule has 0 aliphatic heterocycles. The summed E-state index contributed by atoms with van der Waals surface area (Å²) in [6.45, 7) is 0. The van der Waals surface area contributed by atoms with Gasteiger partial charge in [-0.2, -0.15) is 0 Å². The van der Waals surface area contributed by atoms with Crippen LogP contribution in [-0.2, 0) is 9.13 Å². The molecule has 0 aromatic carbocycles. The van der Waals surface area contributed by atoms with Gasteiger partial charge in [0, 0.05) is 12.8 Å². The molecule has 0 amide bonds. The van der Waals surface area contributed by atoms with E-state index >= 15 is 0 Å². The number of hydrogen-bond acceptors (Lipinski definition) is 6. The number of hydrogen-bond donors (Lipinski definition) is 6. The van der Waals surface area contributed by atoms with Gasteiger partial charge in [-0.3, -0.25) is 9.13 Å². The van der Waals surface area contributed by atoms with Crippen molar-refractivity contribution < 1.29 is 101 Å². The van der Waals surface area contributed by atoms with Gasteiger partial charge in [0.25, 0.3) is 0 Å². The van der Waals surface area contributed by atoms with Crippen LogP contribution in [0.1, 0.15) is 131 Å². The molecule has 0 spiro atoms. The molecule has 0 heterocycles. The summed E-state index contributed by atoms with van der Waals surface area (Å²) in [4.78, 5) is 35.8. The number of unbranched alkanes of at least 4 members (excludes halogenated alkanes) is 17. The second-order valence-electron chi connectivity index (χ2n) is 8.98. The Bertz CT molecular complexity index is 628. The van der Waals surface area contributed by atoms with Crippen molar-refractivity contribution in [3.8, 4) is 0 Å². The topological polar surface area (TPSA) is 180 Å². The Kier molecular flexibility index (Phi) is 30.7. The van der Waals surface area contributed by atoms with Gasteiger partial charge in [0.2, 0.25) is 0 Å². The Morgan fingerprint density at radius 1 is 0.444 bits per heavy atom. The van der Waals surface area contributed by atoms with Crippen LogP contribution in [-0.4, -0.2) is 40.9 Å². The Morgan fingerprint density at radius 3 is 0.750 bits per heavy atom. The van der Waals surface area contributed by atoms with E-state index in [9.17, 15) is 9.13 Å². The zero-order valence-electron chi connectivity index (χ0n) is 24.4. The average molecular weight is 577 g/mol. The summed E-state index contributed by atoms with van der Waals surface area (Å²) in [5.74, 6) is 0. The SMILES string of the molecule is O=P(O)(O)/C(CCCCCCCCCCCCCCCCCCCC/C(=N/O)P(=O)(O)O)=N\O.[H-].[H-].[Na+].[Na+]. The molecule has 6 N–H and O–H groups in total. The molecular formula is C22H48N2Na2O8P2. The minimum absolute atomic E-state index is 0. The van der Waals surface area contributed by atoms with Gasteiger partial charge in [-0.15, -0.1) is 0 Å². The van der Waals surface area contributed by atoms with Crippen LogP contribution in [0.4, 0.5) is 0 Å². The Labute approximate surface area is 264 Å². The first-order valence-corrected chi connectivity index (χ1v) is 15.9. The summed E-state index contributed by atoms with van der Waals surface area (Å²) >= 11 is 0. The maximum atomic E-state index is 11.0. The smallest absolute Gasteiger partial charge is 1.00 e. The van der Waals surface area contributed by atoms with E-state index in [1.54, 1.807) is 0 Å². The molecule has 0 saturated carbocycles. The first-order valence-electron chi connectivity index (χ1n) is 12.7. The summed E-state index contributed by atoms with van der Waals surface area (Å²) in [5, 5.41) is 22.7. The molecule has 14 heteroatoms. The molecule has 0 aliphatic rings. The van der Waals surface area contributed by atoms with Crippen molar-refractivity contribution in [2.45, 2.75) is 128 Å². The largest absolute Gasteiger partial charge is 1.00 e. The molecule has 0 atom stereocenters. The summed E-state index contributed by atoms with van der Waals surface area (Å²) in [6, 6.07) is 0. The third-order valence-electron chi connectivity index (χ3n) is 5.95. The van der Waals surface area contributed by atoms with Crippen LogP contribution in [0.25, 0.3) is 0 Å². The molecular weight excluding hydrogens is 528 g/mol. The fourth-order valence-electron chi connectivity index (χ4n) is 3.90. The Morgan fingerprint density at radius 2 is 0.611 bits per heavy atom. The molecule has 0 saturated heterocycles. The van der Waals surface area contributed by atoms with Gasteiger partial charge in [-0.05, 0) is 12.8 Å². The number of nitrogens with zero attached hydrogens (tertiary/aromatic N) is 2. The zero-order chi connectivity index (χ0) is 25.7.